The molecular formula is C11H20N2O2S. The molecule has 0 aromatic heterocycles. The zero-order valence-corrected chi connectivity index (χ0v) is 10.9. The van der Waals surface area contributed by atoms with Gasteiger partial charge in [0, 0.05) is 13.1 Å². The molecule has 0 N–H and O–H groups in total. The first-order chi connectivity index (χ1) is 7.43. The van der Waals surface area contributed by atoms with Crippen LogP contribution in [0.5, 0.6) is 0 Å². The van der Waals surface area contributed by atoms with E-state index in [4.69, 9.17) is 5.26 Å². The maximum Gasteiger partial charge on any atom is 0.214 e. The second-order valence-electron chi connectivity index (χ2n) is 4.74. The van der Waals surface area contributed by atoms with Gasteiger partial charge in [0.25, 0.3) is 0 Å². The van der Waals surface area contributed by atoms with Gasteiger partial charge in [-0.1, -0.05) is 13.3 Å². The van der Waals surface area contributed by atoms with Gasteiger partial charge in [-0.25, -0.2) is 12.7 Å². The summed E-state index contributed by atoms with van der Waals surface area (Å²) in [7, 11) is -3.08. The van der Waals surface area contributed by atoms with Crippen molar-refractivity contribution in [2.45, 2.75) is 39.5 Å². The lowest BCUT2D eigenvalue weighted by molar-refractivity contribution is 0.232. The van der Waals surface area contributed by atoms with Gasteiger partial charge in [0.2, 0.25) is 10.0 Å². The molecule has 0 atom stereocenters. The molecule has 0 aliphatic carbocycles. The van der Waals surface area contributed by atoms with Gasteiger partial charge in [-0.3, -0.25) is 0 Å². The molecule has 1 aliphatic heterocycles. The molecule has 1 saturated heterocycles. The van der Waals surface area contributed by atoms with E-state index in [1.165, 1.54) is 0 Å². The fourth-order valence-corrected chi connectivity index (χ4v) is 3.48. The van der Waals surface area contributed by atoms with Crippen molar-refractivity contribution >= 4 is 10.0 Å². The molecule has 0 aromatic rings. The second-order valence-corrected chi connectivity index (χ2v) is 6.83. The minimum atomic E-state index is -3.08. The summed E-state index contributed by atoms with van der Waals surface area (Å²) < 4.78 is 25.3. The van der Waals surface area contributed by atoms with E-state index < -0.39 is 10.0 Å². The van der Waals surface area contributed by atoms with Crippen LogP contribution in [-0.4, -0.2) is 31.6 Å². The van der Waals surface area contributed by atoms with Crippen LogP contribution in [0.2, 0.25) is 0 Å². The molecule has 0 amide bonds. The molecule has 92 valence electrons. The molecule has 0 radical (unpaired) electrons. The van der Waals surface area contributed by atoms with E-state index in [-0.39, 0.29) is 11.2 Å². The molecule has 0 aromatic carbocycles. The summed E-state index contributed by atoms with van der Waals surface area (Å²) >= 11 is 0. The van der Waals surface area contributed by atoms with Crippen molar-refractivity contribution < 1.29 is 8.42 Å². The predicted molar refractivity (Wildman–Crippen MR) is 63.2 cm³/mol. The van der Waals surface area contributed by atoms with Crippen LogP contribution in [0.25, 0.3) is 0 Å². The molecule has 16 heavy (non-hydrogen) atoms. The minimum absolute atomic E-state index is 0.243. The Morgan fingerprint density at radius 1 is 1.38 bits per heavy atom. The van der Waals surface area contributed by atoms with Gasteiger partial charge < -0.3 is 0 Å². The molecule has 5 heteroatoms. The van der Waals surface area contributed by atoms with Gasteiger partial charge in [0.05, 0.1) is 17.2 Å². The third-order valence-electron chi connectivity index (χ3n) is 3.25. The molecule has 1 rings (SSSR count). The van der Waals surface area contributed by atoms with Gasteiger partial charge >= 0.3 is 0 Å². The monoisotopic (exact) mass is 244 g/mol. The number of rotatable bonds is 4. The predicted octanol–water partition coefficient (Wildman–Crippen LogP) is 1.74. The summed E-state index contributed by atoms with van der Waals surface area (Å²) in [5.74, 6) is 0.243. The highest BCUT2D eigenvalue weighted by Crippen LogP contribution is 2.30. The molecule has 1 aliphatic rings. The SMILES string of the molecule is CCCCS(=O)(=O)N1CCC(C)(C#N)CC1. The van der Waals surface area contributed by atoms with E-state index in [0.29, 0.717) is 32.4 Å². The Hall–Kier alpha value is -0.600. The Morgan fingerprint density at radius 3 is 2.38 bits per heavy atom. The summed E-state index contributed by atoms with van der Waals surface area (Å²) in [6.45, 7) is 4.88. The topological polar surface area (TPSA) is 61.2 Å². The molecule has 1 heterocycles. The van der Waals surface area contributed by atoms with E-state index in [9.17, 15) is 8.42 Å². The first-order valence-electron chi connectivity index (χ1n) is 5.82. The van der Waals surface area contributed by atoms with Crippen molar-refractivity contribution in [1.82, 2.24) is 4.31 Å². The summed E-state index contributed by atoms with van der Waals surface area (Å²) in [6.07, 6.45) is 2.90. The van der Waals surface area contributed by atoms with Crippen molar-refractivity contribution in [3.63, 3.8) is 0 Å². The average molecular weight is 244 g/mol. The van der Waals surface area contributed by atoms with Gasteiger partial charge in [0.1, 0.15) is 0 Å². The van der Waals surface area contributed by atoms with Crippen LogP contribution in [0.15, 0.2) is 0 Å². The van der Waals surface area contributed by atoms with Crippen molar-refractivity contribution in [3.05, 3.63) is 0 Å². The zero-order valence-electron chi connectivity index (χ0n) is 10.1. The molecule has 0 unspecified atom stereocenters. The maximum absolute atomic E-state index is 11.9. The summed E-state index contributed by atoms with van der Waals surface area (Å²) in [6, 6.07) is 2.27. The highest BCUT2D eigenvalue weighted by atomic mass is 32.2. The van der Waals surface area contributed by atoms with Gasteiger partial charge in [0.15, 0.2) is 0 Å². The summed E-state index contributed by atoms with van der Waals surface area (Å²) in [5, 5.41) is 8.96. The van der Waals surface area contributed by atoms with Crippen LogP contribution < -0.4 is 0 Å². The fourth-order valence-electron chi connectivity index (χ4n) is 1.83. The molecular weight excluding hydrogens is 224 g/mol. The lowest BCUT2D eigenvalue weighted by Crippen LogP contribution is -2.42. The van der Waals surface area contributed by atoms with Gasteiger partial charge in [-0.05, 0) is 26.2 Å². The van der Waals surface area contributed by atoms with Crippen molar-refractivity contribution in [2.24, 2.45) is 5.41 Å². The Labute approximate surface area is 98.3 Å². The Balaban J connectivity index is 2.57. The first-order valence-corrected chi connectivity index (χ1v) is 7.43. The van der Waals surface area contributed by atoms with Gasteiger partial charge in [-0.2, -0.15) is 5.26 Å². The zero-order chi connectivity index (χ0) is 12.2. The number of hydrogen-bond acceptors (Lipinski definition) is 3. The van der Waals surface area contributed by atoms with Gasteiger partial charge in [-0.15, -0.1) is 0 Å². The molecule has 0 bridgehead atoms. The largest absolute Gasteiger partial charge is 0.214 e. The van der Waals surface area contributed by atoms with Crippen LogP contribution in [0.1, 0.15) is 39.5 Å². The summed E-state index contributed by atoms with van der Waals surface area (Å²) in [4.78, 5) is 0. The number of piperidine rings is 1. The van der Waals surface area contributed by atoms with Crippen molar-refractivity contribution in [2.75, 3.05) is 18.8 Å². The standard InChI is InChI=1S/C11H20N2O2S/c1-3-4-9-16(14,15)13-7-5-11(2,10-12)6-8-13/h3-9H2,1-2H3. The smallest absolute Gasteiger partial charge is 0.212 e. The quantitative estimate of drug-likeness (QED) is 0.756. The van der Waals surface area contributed by atoms with Crippen molar-refractivity contribution in [3.8, 4) is 6.07 Å². The van der Waals surface area contributed by atoms with Crippen LogP contribution in [0.4, 0.5) is 0 Å². The van der Waals surface area contributed by atoms with E-state index >= 15 is 0 Å². The molecule has 4 nitrogen and oxygen atoms in total. The lowest BCUT2D eigenvalue weighted by Gasteiger charge is -2.34. The highest BCUT2D eigenvalue weighted by molar-refractivity contribution is 7.89. The van der Waals surface area contributed by atoms with E-state index in [1.54, 1.807) is 4.31 Å². The lowest BCUT2D eigenvalue weighted by atomic mass is 9.83. The van der Waals surface area contributed by atoms with Crippen LogP contribution in [0.3, 0.4) is 0 Å². The van der Waals surface area contributed by atoms with E-state index in [2.05, 4.69) is 6.07 Å². The Bertz CT molecular complexity index is 362. The molecule has 0 spiro atoms. The highest BCUT2D eigenvalue weighted by Gasteiger charge is 2.34. The van der Waals surface area contributed by atoms with Crippen LogP contribution in [0, 0.1) is 16.7 Å². The summed E-state index contributed by atoms with van der Waals surface area (Å²) in [5.41, 5.74) is -0.337. The minimum Gasteiger partial charge on any atom is -0.212 e. The third-order valence-corrected chi connectivity index (χ3v) is 5.20. The number of nitriles is 1. The Kier molecular flexibility index (Phi) is 4.34. The van der Waals surface area contributed by atoms with Crippen LogP contribution >= 0.6 is 0 Å². The fraction of sp³-hybridized carbons (Fsp3) is 0.909. The van der Waals surface area contributed by atoms with E-state index in [0.717, 1.165) is 6.42 Å². The molecule has 1 fully saturated rings. The van der Waals surface area contributed by atoms with Crippen LogP contribution in [-0.2, 0) is 10.0 Å². The number of sulfonamides is 1. The number of nitrogens with zero attached hydrogens (tertiary/aromatic N) is 2. The maximum atomic E-state index is 11.9. The molecule has 0 saturated carbocycles. The van der Waals surface area contributed by atoms with Crippen molar-refractivity contribution in [1.29, 1.82) is 5.26 Å². The number of unbranched alkanes of at least 4 members (excludes halogenated alkanes) is 1. The number of hydrogen-bond donors (Lipinski definition) is 0. The third kappa shape index (κ3) is 3.19. The normalized spacial score (nSPS) is 21.6. The average Bonchev–Trinajstić information content (AvgIpc) is 2.27. The van der Waals surface area contributed by atoms with E-state index in [1.807, 2.05) is 13.8 Å². The second kappa shape index (κ2) is 5.15. The first kappa shape index (κ1) is 13.5. The Morgan fingerprint density at radius 2 is 1.94 bits per heavy atom.